The molecule has 1 amide bonds. The largest absolute Gasteiger partial charge is 0.391 e. The number of likely N-dealkylation sites (tertiary alicyclic amines) is 1. The summed E-state index contributed by atoms with van der Waals surface area (Å²) in [7, 11) is 1.79. The first-order valence-electron chi connectivity index (χ1n) is 4.73. The van der Waals surface area contributed by atoms with Gasteiger partial charge in [0.25, 0.3) is 0 Å². The molecule has 1 aliphatic rings. The van der Waals surface area contributed by atoms with E-state index in [1.54, 1.807) is 18.9 Å². The van der Waals surface area contributed by atoms with E-state index in [1.807, 2.05) is 6.92 Å². The minimum Gasteiger partial charge on any atom is -0.391 e. The van der Waals surface area contributed by atoms with Crippen molar-refractivity contribution in [3.05, 3.63) is 0 Å². The number of aliphatic hydroxyl groups is 1. The van der Waals surface area contributed by atoms with E-state index in [0.717, 1.165) is 13.0 Å². The zero-order chi connectivity index (χ0) is 10.0. The van der Waals surface area contributed by atoms with Gasteiger partial charge < -0.3 is 15.3 Å². The molecule has 0 bridgehead atoms. The molecule has 0 aliphatic carbocycles. The summed E-state index contributed by atoms with van der Waals surface area (Å²) < 4.78 is 0. The van der Waals surface area contributed by atoms with Crippen LogP contribution in [0, 0.1) is 0 Å². The Balaban J connectivity index is 2.59. The minimum absolute atomic E-state index is 0.0544. The molecular weight excluding hydrogens is 168 g/mol. The van der Waals surface area contributed by atoms with Crippen molar-refractivity contribution in [1.29, 1.82) is 0 Å². The van der Waals surface area contributed by atoms with Crippen LogP contribution < -0.4 is 5.32 Å². The van der Waals surface area contributed by atoms with E-state index in [4.69, 9.17) is 0 Å². The molecule has 0 saturated carbocycles. The summed E-state index contributed by atoms with van der Waals surface area (Å²) in [4.78, 5) is 13.4. The second kappa shape index (κ2) is 4.07. The number of likely N-dealkylation sites (N-methyl/N-ethyl adjacent to an activating group) is 1. The van der Waals surface area contributed by atoms with Gasteiger partial charge in [-0.15, -0.1) is 0 Å². The predicted molar refractivity (Wildman–Crippen MR) is 50.3 cm³/mol. The third-order valence-electron chi connectivity index (χ3n) is 2.78. The monoisotopic (exact) mass is 186 g/mol. The SMILES string of the molecule is CNC1CCN(C(C)C(C)O)C1=O. The molecule has 0 spiro atoms. The van der Waals surface area contributed by atoms with Gasteiger partial charge in [-0.25, -0.2) is 0 Å². The fourth-order valence-corrected chi connectivity index (χ4v) is 1.63. The number of hydrogen-bond acceptors (Lipinski definition) is 3. The van der Waals surface area contributed by atoms with Gasteiger partial charge >= 0.3 is 0 Å². The number of nitrogens with one attached hydrogen (secondary N) is 1. The van der Waals surface area contributed by atoms with Crippen LogP contribution >= 0.6 is 0 Å². The maximum atomic E-state index is 11.6. The molecule has 1 heterocycles. The van der Waals surface area contributed by atoms with Gasteiger partial charge in [0.1, 0.15) is 0 Å². The molecular formula is C9H18N2O2. The number of amides is 1. The average Bonchev–Trinajstić information content (AvgIpc) is 2.45. The van der Waals surface area contributed by atoms with Gasteiger partial charge in [-0.2, -0.15) is 0 Å². The summed E-state index contributed by atoms with van der Waals surface area (Å²) in [6.45, 7) is 4.33. The number of aliphatic hydroxyl groups excluding tert-OH is 1. The maximum Gasteiger partial charge on any atom is 0.240 e. The number of rotatable bonds is 3. The van der Waals surface area contributed by atoms with E-state index < -0.39 is 6.10 Å². The van der Waals surface area contributed by atoms with Crippen LogP contribution in [0.25, 0.3) is 0 Å². The van der Waals surface area contributed by atoms with Crippen LogP contribution in [0.2, 0.25) is 0 Å². The quantitative estimate of drug-likeness (QED) is 0.629. The maximum absolute atomic E-state index is 11.6. The topological polar surface area (TPSA) is 52.6 Å². The molecule has 4 heteroatoms. The minimum atomic E-state index is -0.459. The Morgan fingerprint density at radius 3 is 2.62 bits per heavy atom. The molecule has 1 aliphatic heterocycles. The predicted octanol–water partition coefficient (Wildman–Crippen LogP) is -0.424. The summed E-state index contributed by atoms with van der Waals surface area (Å²) in [6, 6.07) is -0.132. The van der Waals surface area contributed by atoms with Crippen LogP contribution in [0.4, 0.5) is 0 Å². The third kappa shape index (κ3) is 2.00. The fraction of sp³-hybridized carbons (Fsp3) is 0.889. The van der Waals surface area contributed by atoms with E-state index in [0.29, 0.717) is 0 Å². The van der Waals surface area contributed by atoms with Gasteiger partial charge in [-0.3, -0.25) is 4.79 Å². The van der Waals surface area contributed by atoms with E-state index >= 15 is 0 Å². The lowest BCUT2D eigenvalue weighted by molar-refractivity contribution is -0.132. The summed E-state index contributed by atoms with van der Waals surface area (Å²) in [5.41, 5.74) is 0. The molecule has 2 N–H and O–H groups in total. The Morgan fingerprint density at radius 1 is 1.62 bits per heavy atom. The number of carbonyl (C=O) groups excluding carboxylic acids is 1. The van der Waals surface area contributed by atoms with Crippen LogP contribution in [-0.2, 0) is 4.79 Å². The third-order valence-corrected chi connectivity index (χ3v) is 2.78. The number of carbonyl (C=O) groups is 1. The molecule has 13 heavy (non-hydrogen) atoms. The van der Waals surface area contributed by atoms with E-state index in [-0.39, 0.29) is 18.0 Å². The van der Waals surface area contributed by atoms with Crippen molar-refractivity contribution in [2.45, 2.75) is 38.5 Å². The van der Waals surface area contributed by atoms with Crippen LogP contribution in [0.15, 0.2) is 0 Å². The van der Waals surface area contributed by atoms with Crippen molar-refractivity contribution in [2.75, 3.05) is 13.6 Å². The average molecular weight is 186 g/mol. The molecule has 0 radical (unpaired) electrons. The van der Waals surface area contributed by atoms with E-state index in [2.05, 4.69) is 5.32 Å². The molecule has 0 aromatic carbocycles. The summed E-state index contributed by atoms with van der Waals surface area (Å²) in [6.07, 6.45) is 0.381. The van der Waals surface area contributed by atoms with Crippen LogP contribution in [0.3, 0.4) is 0 Å². The van der Waals surface area contributed by atoms with Crippen molar-refractivity contribution >= 4 is 5.91 Å². The zero-order valence-electron chi connectivity index (χ0n) is 8.45. The zero-order valence-corrected chi connectivity index (χ0v) is 8.45. The molecule has 1 rings (SSSR count). The first-order chi connectivity index (χ1) is 6.07. The Labute approximate surface area is 78.9 Å². The van der Waals surface area contributed by atoms with Crippen molar-refractivity contribution < 1.29 is 9.90 Å². The van der Waals surface area contributed by atoms with Gasteiger partial charge in [-0.05, 0) is 27.3 Å². The van der Waals surface area contributed by atoms with Gasteiger partial charge in [0, 0.05) is 6.54 Å². The smallest absolute Gasteiger partial charge is 0.240 e. The van der Waals surface area contributed by atoms with Gasteiger partial charge in [0.05, 0.1) is 18.2 Å². The molecule has 1 fully saturated rings. The highest BCUT2D eigenvalue weighted by Gasteiger charge is 2.34. The lowest BCUT2D eigenvalue weighted by Crippen LogP contribution is -2.44. The molecule has 3 unspecified atom stereocenters. The Kier molecular flexibility index (Phi) is 3.27. The molecule has 4 nitrogen and oxygen atoms in total. The van der Waals surface area contributed by atoms with Crippen molar-refractivity contribution in [2.24, 2.45) is 0 Å². The molecule has 3 atom stereocenters. The molecule has 1 saturated heterocycles. The van der Waals surface area contributed by atoms with Gasteiger partial charge in [0.2, 0.25) is 5.91 Å². The standard InChI is InChI=1S/C9H18N2O2/c1-6(7(2)12)11-5-4-8(10-3)9(11)13/h6-8,10,12H,4-5H2,1-3H3. The highest BCUT2D eigenvalue weighted by molar-refractivity contribution is 5.84. The van der Waals surface area contributed by atoms with Crippen molar-refractivity contribution in [3.8, 4) is 0 Å². The first-order valence-corrected chi connectivity index (χ1v) is 4.73. The Hall–Kier alpha value is -0.610. The molecule has 0 aromatic rings. The summed E-state index contributed by atoms with van der Waals surface area (Å²) in [5, 5.41) is 12.3. The second-order valence-electron chi connectivity index (χ2n) is 3.64. The normalized spacial score (nSPS) is 27.8. The fourth-order valence-electron chi connectivity index (χ4n) is 1.63. The highest BCUT2D eigenvalue weighted by atomic mass is 16.3. The molecule has 0 aromatic heterocycles. The Morgan fingerprint density at radius 2 is 2.23 bits per heavy atom. The van der Waals surface area contributed by atoms with Gasteiger partial charge in [0.15, 0.2) is 0 Å². The second-order valence-corrected chi connectivity index (χ2v) is 3.64. The Bertz CT molecular complexity index is 194. The lowest BCUT2D eigenvalue weighted by Gasteiger charge is -2.26. The van der Waals surface area contributed by atoms with E-state index in [9.17, 15) is 9.90 Å². The first kappa shape index (κ1) is 10.5. The van der Waals surface area contributed by atoms with Crippen molar-refractivity contribution in [1.82, 2.24) is 10.2 Å². The lowest BCUT2D eigenvalue weighted by atomic mass is 10.2. The van der Waals surface area contributed by atoms with Crippen LogP contribution in [0.5, 0.6) is 0 Å². The van der Waals surface area contributed by atoms with Gasteiger partial charge in [-0.1, -0.05) is 0 Å². The molecule has 76 valence electrons. The van der Waals surface area contributed by atoms with E-state index in [1.165, 1.54) is 0 Å². The highest BCUT2D eigenvalue weighted by Crippen LogP contribution is 2.15. The summed E-state index contributed by atoms with van der Waals surface area (Å²) in [5.74, 6) is 0.107. The van der Waals surface area contributed by atoms with Crippen molar-refractivity contribution in [3.63, 3.8) is 0 Å². The summed E-state index contributed by atoms with van der Waals surface area (Å²) >= 11 is 0. The van der Waals surface area contributed by atoms with Crippen LogP contribution in [-0.4, -0.2) is 47.7 Å². The number of hydrogen-bond donors (Lipinski definition) is 2. The number of nitrogens with zero attached hydrogens (tertiary/aromatic N) is 1. The van der Waals surface area contributed by atoms with Crippen LogP contribution in [0.1, 0.15) is 20.3 Å².